The maximum absolute atomic E-state index is 5.97. The van der Waals surface area contributed by atoms with Gasteiger partial charge in [-0.15, -0.1) is 0 Å². The van der Waals surface area contributed by atoms with Gasteiger partial charge in [0.1, 0.15) is 6.10 Å². The summed E-state index contributed by atoms with van der Waals surface area (Å²) in [6, 6.07) is 12.1. The van der Waals surface area contributed by atoms with E-state index < -0.39 is 0 Å². The van der Waals surface area contributed by atoms with Gasteiger partial charge in [-0.05, 0) is 25.7 Å². The van der Waals surface area contributed by atoms with Gasteiger partial charge in [0.15, 0.2) is 0 Å². The number of H-pyrrole nitrogens is 1. The number of benzene rings is 1. The van der Waals surface area contributed by atoms with Crippen LogP contribution in [0.2, 0.25) is 0 Å². The molecule has 1 atom stereocenters. The van der Waals surface area contributed by atoms with Crippen LogP contribution >= 0.6 is 0 Å². The summed E-state index contributed by atoms with van der Waals surface area (Å²) in [5.74, 6) is 0. The van der Waals surface area contributed by atoms with Gasteiger partial charge in [0.2, 0.25) is 0 Å². The number of nitrogens with one attached hydrogen (secondary N) is 1. The van der Waals surface area contributed by atoms with E-state index >= 15 is 0 Å². The highest BCUT2D eigenvalue weighted by Crippen LogP contribution is 2.23. The molecule has 0 spiro atoms. The van der Waals surface area contributed by atoms with Crippen molar-refractivity contribution >= 4 is 0 Å². The molecular weight excluding hydrogens is 238 g/mol. The van der Waals surface area contributed by atoms with Crippen molar-refractivity contribution in [2.75, 3.05) is 27.2 Å². The number of rotatable bonds is 6. The van der Waals surface area contributed by atoms with E-state index in [1.807, 2.05) is 38.4 Å². The quantitative estimate of drug-likeness (QED) is 0.869. The first kappa shape index (κ1) is 15.4. The topological polar surface area (TPSA) is 41.1 Å². The van der Waals surface area contributed by atoms with Crippen molar-refractivity contribution in [2.45, 2.75) is 13.5 Å². The Bertz CT molecular complexity index is 440. The predicted octanol–water partition coefficient (Wildman–Crippen LogP) is 2.71. The standard InChI is InChI=1S/C14H19N3O.CH4/c1-17(2)10-11-18-14(13-8-9-15-16-13)12-6-4-3-5-7-12;/h3-9,14H,10-11H2,1-2H3,(H,15,16);1H4. The predicted molar refractivity (Wildman–Crippen MR) is 78.1 cm³/mol. The van der Waals surface area contributed by atoms with Crippen LogP contribution in [0.15, 0.2) is 42.6 Å². The van der Waals surface area contributed by atoms with Crippen molar-refractivity contribution in [1.82, 2.24) is 15.1 Å². The minimum atomic E-state index is -0.0753. The van der Waals surface area contributed by atoms with E-state index in [1.54, 1.807) is 6.20 Å². The molecule has 0 bridgehead atoms. The Hall–Kier alpha value is -1.65. The van der Waals surface area contributed by atoms with Crippen LogP contribution in [-0.2, 0) is 4.74 Å². The zero-order valence-corrected chi connectivity index (χ0v) is 10.8. The molecule has 2 rings (SSSR count). The Balaban J connectivity index is 0.00000180. The van der Waals surface area contributed by atoms with Crippen molar-refractivity contribution in [3.8, 4) is 0 Å². The number of ether oxygens (including phenoxy) is 1. The second kappa shape index (κ2) is 7.71. The summed E-state index contributed by atoms with van der Waals surface area (Å²) in [6.45, 7) is 1.59. The number of nitrogens with zero attached hydrogens (tertiary/aromatic N) is 2. The van der Waals surface area contributed by atoms with Gasteiger partial charge in [0.25, 0.3) is 0 Å². The molecule has 0 aliphatic rings. The number of aromatic nitrogens is 2. The van der Waals surface area contributed by atoms with Gasteiger partial charge < -0.3 is 9.64 Å². The first-order valence-electron chi connectivity index (χ1n) is 6.08. The summed E-state index contributed by atoms with van der Waals surface area (Å²) in [7, 11) is 4.08. The highest BCUT2D eigenvalue weighted by atomic mass is 16.5. The average molecular weight is 261 g/mol. The number of hydrogen-bond acceptors (Lipinski definition) is 3. The van der Waals surface area contributed by atoms with Crippen molar-refractivity contribution < 1.29 is 4.74 Å². The molecule has 0 amide bonds. The van der Waals surface area contributed by atoms with Crippen LogP contribution in [0.4, 0.5) is 0 Å². The molecule has 0 saturated heterocycles. The first-order chi connectivity index (χ1) is 8.77. The number of likely N-dealkylation sites (N-methyl/N-ethyl adjacent to an activating group) is 1. The van der Waals surface area contributed by atoms with Gasteiger partial charge in [0, 0.05) is 12.7 Å². The van der Waals surface area contributed by atoms with Crippen LogP contribution in [0.25, 0.3) is 0 Å². The lowest BCUT2D eigenvalue weighted by Crippen LogP contribution is -2.20. The molecular formula is C15H23N3O. The van der Waals surface area contributed by atoms with Crippen molar-refractivity contribution in [1.29, 1.82) is 0 Å². The molecule has 0 aliphatic heterocycles. The zero-order valence-electron chi connectivity index (χ0n) is 10.8. The van der Waals surface area contributed by atoms with Gasteiger partial charge in [-0.3, -0.25) is 5.10 Å². The van der Waals surface area contributed by atoms with Crippen molar-refractivity contribution in [3.05, 3.63) is 53.9 Å². The SMILES string of the molecule is C.CN(C)CCOC(c1ccccc1)c1ccn[nH]1. The summed E-state index contributed by atoms with van der Waals surface area (Å²) in [5.41, 5.74) is 2.13. The lowest BCUT2D eigenvalue weighted by Gasteiger charge is -2.18. The van der Waals surface area contributed by atoms with Crippen LogP contribution < -0.4 is 0 Å². The molecule has 19 heavy (non-hydrogen) atoms. The molecule has 0 fully saturated rings. The zero-order chi connectivity index (χ0) is 12.8. The van der Waals surface area contributed by atoms with E-state index in [9.17, 15) is 0 Å². The highest BCUT2D eigenvalue weighted by Gasteiger charge is 2.15. The largest absolute Gasteiger partial charge is 0.366 e. The summed E-state index contributed by atoms with van der Waals surface area (Å²) < 4.78 is 5.97. The number of aromatic amines is 1. The van der Waals surface area contributed by atoms with Crippen LogP contribution in [0, 0.1) is 0 Å². The van der Waals surface area contributed by atoms with Gasteiger partial charge in [-0.2, -0.15) is 5.10 Å². The monoisotopic (exact) mass is 261 g/mol. The fourth-order valence-electron chi connectivity index (χ4n) is 1.76. The van der Waals surface area contributed by atoms with Crippen LogP contribution in [0.5, 0.6) is 0 Å². The Labute approximate surface area is 115 Å². The molecule has 1 unspecified atom stereocenters. The molecule has 0 saturated carbocycles. The first-order valence-corrected chi connectivity index (χ1v) is 6.08. The minimum Gasteiger partial charge on any atom is -0.366 e. The summed E-state index contributed by atoms with van der Waals surface area (Å²) in [6.07, 6.45) is 1.68. The Kier molecular flexibility index (Phi) is 6.25. The van der Waals surface area contributed by atoms with Crippen molar-refractivity contribution in [2.24, 2.45) is 0 Å². The smallest absolute Gasteiger partial charge is 0.124 e. The van der Waals surface area contributed by atoms with Gasteiger partial charge in [-0.1, -0.05) is 37.8 Å². The molecule has 0 aliphatic carbocycles. The second-order valence-corrected chi connectivity index (χ2v) is 4.48. The highest BCUT2D eigenvalue weighted by molar-refractivity contribution is 5.25. The van der Waals surface area contributed by atoms with E-state index in [-0.39, 0.29) is 13.5 Å². The van der Waals surface area contributed by atoms with E-state index in [1.165, 1.54) is 0 Å². The number of hydrogen-bond donors (Lipinski definition) is 1. The second-order valence-electron chi connectivity index (χ2n) is 4.48. The molecule has 4 heteroatoms. The minimum absolute atomic E-state index is 0. The van der Waals surface area contributed by atoms with E-state index in [0.29, 0.717) is 6.61 Å². The Morgan fingerprint density at radius 3 is 2.53 bits per heavy atom. The Morgan fingerprint density at radius 2 is 1.95 bits per heavy atom. The molecule has 1 N–H and O–H groups in total. The average Bonchev–Trinajstić information content (AvgIpc) is 2.89. The summed E-state index contributed by atoms with van der Waals surface area (Å²) in [5, 5.41) is 6.98. The molecule has 0 radical (unpaired) electrons. The fourth-order valence-corrected chi connectivity index (χ4v) is 1.76. The molecule has 104 valence electrons. The molecule has 1 heterocycles. The maximum atomic E-state index is 5.97. The lowest BCUT2D eigenvalue weighted by atomic mass is 10.1. The van der Waals surface area contributed by atoms with E-state index in [4.69, 9.17) is 4.74 Å². The van der Waals surface area contributed by atoms with Crippen molar-refractivity contribution in [3.63, 3.8) is 0 Å². The summed E-state index contributed by atoms with van der Waals surface area (Å²) >= 11 is 0. The molecule has 2 aromatic rings. The van der Waals surface area contributed by atoms with Gasteiger partial charge in [0.05, 0.1) is 12.3 Å². The maximum Gasteiger partial charge on any atom is 0.124 e. The third-order valence-corrected chi connectivity index (χ3v) is 2.73. The van der Waals surface area contributed by atoms with Crippen LogP contribution in [0.1, 0.15) is 24.8 Å². The normalized spacial score (nSPS) is 12.2. The van der Waals surface area contributed by atoms with Crippen LogP contribution in [-0.4, -0.2) is 42.3 Å². The van der Waals surface area contributed by atoms with E-state index in [0.717, 1.165) is 17.8 Å². The van der Waals surface area contributed by atoms with Gasteiger partial charge >= 0.3 is 0 Å². The third-order valence-electron chi connectivity index (χ3n) is 2.73. The van der Waals surface area contributed by atoms with Gasteiger partial charge in [-0.25, -0.2) is 0 Å². The van der Waals surface area contributed by atoms with Crippen LogP contribution in [0.3, 0.4) is 0 Å². The molecule has 1 aromatic heterocycles. The Morgan fingerprint density at radius 1 is 1.21 bits per heavy atom. The molecule has 4 nitrogen and oxygen atoms in total. The fraction of sp³-hybridized carbons (Fsp3) is 0.400. The molecule has 1 aromatic carbocycles. The third kappa shape index (κ3) is 4.50. The summed E-state index contributed by atoms with van der Waals surface area (Å²) in [4.78, 5) is 2.11. The lowest BCUT2D eigenvalue weighted by molar-refractivity contribution is 0.0661. The van der Waals surface area contributed by atoms with E-state index in [2.05, 4.69) is 27.2 Å².